The Kier molecular flexibility index (Phi) is 4.24. The Labute approximate surface area is 113 Å². The molecule has 0 aliphatic heterocycles. The topological polar surface area (TPSA) is 93.0 Å². The number of nitrogens with one attached hydrogen (secondary N) is 2. The van der Waals surface area contributed by atoms with Crippen LogP contribution in [0.25, 0.3) is 0 Å². The number of hydrogen-bond acceptors (Lipinski definition) is 7. The quantitative estimate of drug-likeness (QED) is 0.623. The summed E-state index contributed by atoms with van der Waals surface area (Å²) < 4.78 is 0. The summed E-state index contributed by atoms with van der Waals surface area (Å²) >= 11 is 1.48. The zero-order valence-corrected chi connectivity index (χ0v) is 11.1. The molecule has 7 nitrogen and oxygen atoms in total. The predicted octanol–water partition coefficient (Wildman–Crippen LogP) is 2.49. The van der Waals surface area contributed by atoms with Gasteiger partial charge in [-0.25, -0.2) is 4.98 Å². The van der Waals surface area contributed by atoms with Crippen molar-refractivity contribution in [3.05, 3.63) is 38.8 Å². The first kappa shape index (κ1) is 13.2. The first-order valence-corrected chi connectivity index (χ1v) is 6.59. The van der Waals surface area contributed by atoms with E-state index in [9.17, 15) is 10.1 Å². The van der Waals surface area contributed by atoms with E-state index in [0.29, 0.717) is 18.9 Å². The number of anilines is 2. The Morgan fingerprint density at radius 2 is 2.26 bits per heavy atom. The summed E-state index contributed by atoms with van der Waals surface area (Å²) in [5.74, 6) is 0.872. The molecule has 0 aliphatic carbocycles. The Morgan fingerprint density at radius 3 is 2.89 bits per heavy atom. The molecule has 2 N–H and O–H groups in total. The van der Waals surface area contributed by atoms with E-state index < -0.39 is 4.92 Å². The number of nitro groups is 1. The standard InChI is InChI=1S/C11H13N5O2S/c1-2-13-10-4-3-9(16(17)18)11(15-10)14-6-8-5-12-7-19-8/h3-5,7H,2,6H2,1H3,(H2,13,14,15). The Morgan fingerprint density at radius 1 is 1.42 bits per heavy atom. The summed E-state index contributed by atoms with van der Waals surface area (Å²) in [6, 6.07) is 3.04. The van der Waals surface area contributed by atoms with Gasteiger partial charge in [0.15, 0.2) is 0 Å². The van der Waals surface area contributed by atoms with Crippen molar-refractivity contribution in [2.24, 2.45) is 0 Å². The minimum atomic E-state index is -0.447. The molecule has 2 aromatic rings. The molecule has 2 heterocycles. The van der Waals surface area contributed by atoms with E-state index in [-0.39, 0.29) is 11.5 Å². The number of rotatable bonds is 6. The average Bonchev–Trinajstić information content (AvgIpc) is 2.89. The van der Waals surface area contributed by atoms with E-state index in [4.69, 9.17) is 0 Å². The van der Waals surface area contributed by atoms with Gasteiger partial charge in [-0.05, 0) is 13.0 Å². The van der Waals surface area contributed by atoms with Gasteiger partial charge in [0, 0.05) is 23.7 Å². The van der Waals surface area contributed by atoms with Gasteiger partial charge >= 0.3 is 5.69 Å². The second-order valence-corrected chi connectivity index (χ2v) is 4.64. The van der Waals surface area contributed by atoms with E-state index in [1.54, 1.807) is 17.8 Å². The predicted molar refractivity (Wildman–Crippen MR) is 74.5 cm³/mol. The van der Waals surface area contributed by atoms with Crippen molar-refractivity contribution in [3.8, 4) is 0 Å². The van der Waals surface area contributed by atoms with E-state index >= 15 is 0 Å². The summed E-state index contributed by atoms with van der Waals surface area (Å²) in [4.78, 5) is 19.6. The maximum absolute atomic E-state index is 10.9. The highest BCUT2D eigenvalue weighted by Crippen LogP contribution is 2.24. The first-order chi connectivity index (χ1) is 9.20. The number of thiazole rings is 1. The fourth-order valence-corrected chi connectivity index (χ4v) is 2.04. The van der Waals surface area contributed by atoms with Crippen molar-refractivity contribution in [1.82, 2.24) is 9.97 Å². The van der Waals surface area contributed by atoms with Crippen molar-refractivity contribution in [2.45, 2.75) is 13.5 Å². The molecular formula is C11H13N5O2S. The highest BCUT2D eigenvalue weighted by Gasteiger charge is 2.15. The molecule has 0 spiro atoms. The summed E-state index contributed by atoms with van der Waals surface area (Å²) in [6.07, 6.45) is 1.72. The Hall–Kier alpha value is -2.22. The third kappa shape index (κ3) is 3.38. The van der Waals surface area contributed by atoms with Crippen molar-refractivity contribution in [3.63, 3.8) is 0 Å². The molecule has 0 atom stereocenters. The van der Waals surface area contributed by atoms with Crippen LogP contribution in [-0.2, 0) is 6.54 Å². The lowest BCUT2D eigenvalue weighted by Gasteiger charge is -2.07. The fraction of sp³-hybridized carbons (Fsp3) is 0.273. The molecule has 19 heavy (non-hydrogen) atoms. The van der Waals surface area contributed by atoms with Gasteiger partial charge in [-0.2, -0.15) is 0 Å². The van der Waals surface area contributed by atoms with E-state index in [1.165, 1.54) is 17.4 Å². The van der Waals surface area contributed by atoms with Crippen LogP contribution in [0.15, 0.2) is 23.8 Å². The summed E-state index contributed by atoms with van der Waals surface area (Å²) in [5.41, 5.74) is 1.68. The molecule has 0 aromatic carbocycles. The smallest absolute Gasteiger partial charge is 0.311 e. The molecule has 2 rings (SSSR count). The van der Waals surface area contributed by atoms with Crippen LogP contribution in [0.2, 0.25) is 0 Å². The van der Waals surface area contributed by atoms with Crippen LogP contribution >= 0.6 is 11.3 Å². The Balaban J connectivity index is 2.19. The lowest BCUT2D eigenvalue weighted by atomic mass is 10.3. The number of hydrogen-bond donors (Lipinski definition) is 2. The zero-order valence-electron chi connectivity index (χ0n) is 10.3. The maximum atomic E-state index is 10.9. The third-order valence-corrected chi connectivity index (χ3v) is 3.12. The molecule has 0 bridgehead atoms. The third-order valence-electron chi connectivity index (χ3n) is 2.34. The van der Waals surface area contributed by atoms with Gasteiger partial charge < -0.3 is 10.6 Å². The Bertz CT molecular complexity index is 558. The number of pyridine rings is 1. The molecule has 8 heteroatoms. The zero-order chi connectivity index (χ0) is 13.7. The highest BCUT2D eigenvalue weighted by atomic mass is 32.1. The van der Waals surface area contributed by atoms with Crippen LogP contribution in [0.4, 0.5) is 17.3 Å². The maximum Gasteiger partial charge on any atom is 0.311 e. The van der Waals surface area contributed by atoms with E-state index in [1.807, 2.05) is 6.92 Å². The summed E-state index contributed by atoms with van der Waals surface area (Å²) in [7, 11) is 0. The summed E-state index contributed by atoms with van der Waals surface area (Å²) in [6.45, 7) is 3.11. The highest BCUT2D eigenvalue weighted by molar-refractivity contribution is 7.09. The molecule has 0 unspecified atom stereocenters. The largest absolute Gasteiger partial charge is 0.370 e. The molecule has 0 fully saturated rings. The SMILES string of the molecule is CCNc1ccc([N+](=O)[O-])c(NCc2cncs2)n1. The normalized spacial score (nSPS) is 10.2. The molecule has 2 aromatic heterocycles. The second kappa shape index (κ2) is 6.10. The van der Waals surface area contributed by atoms with E-state index in [0.717, 1.165) is 4.88 Å². The van der Waals surface area contributed by atoms with Crippen molar-refractivity contribution in [2.75, 3.05) is 17.2 Å². The van der Waals surface area contributed by atoms with Crippen LogP contribution in [0.1, 0.15) is 11.8 Å². The summed E-state index contributed by atoms with van der Waals surface area (Å²) in [5, 5.41) is 16.9. The van der Waals surface area contributed by atoms with Gasteiger partial charge in [-0.15, -0.1) is 11.3 Å². The van der Waals surface area contributed by atoms with Crippen molar-refractivity contribution >= 4 is 28.7 Å². The molecule has 100 valence electrons. The number of aromatic nitrogens is 2. The molecule has 0 aliphatic rings. The van der Waals surface area contributed by atoms with E-state index in [2.05, 4.69) is 20.6 Å². The van der Waals surface area contributed by atoms with Crippen molar-refractivity contribution < 1.29 is 4.92 Å². The average molecular weight is 279 g/mol. The van der Waals surface area contributed by atoms with Gasteiger partial charge in [0.1, 0.15) is 5.82 Å². The molecular weight excluding hydrogens is 266 g/mol. The minimum absolute atomic E-state index is 0.0360. The lowest BCUT2D eigenvalue weighted by molar-refractivity contribution is -0.384. The van der Waals surface area contributed by atoms with Crippen LogP contribution in [-0.4, -0.2) is 21.4 Å². The minimum Gasteiger partial charge on any atom is -0.370 e. The monoisotopic (exact) mass is 279 g/mol. The van der Waals surface area contributed by atoms with Gasteiger partial charge in [0.25, 0.3) is 0 Å². The van der Waals surface area contributed by atoms with Crippen LogP contribution in [0.5, 0.6) is 0 Å². The lowest BCUT2D eigenvalue weighted by Crippen LogP contribution is -2.06. The molecule has 0 saturated heterocycles. The van der Waals surface area contributed by atoms with Gasteiger partial charge in [-0.1, -0.05) is 0 Å². The molecule has 0 amide bonds. The van der Waals surface area contributed by atoms with Gasteiger partial charge in [0.2, 0.25) is 5.82 Å². The molecule has 0 saturated carbocycles. The number of nitrogens with zero attached hydrogens (tertiary/aromatic N) is 3. The second-order valence-electron chi connectivity index (χ2n) is 3.67. The van der Waals surface area contributed by atoms with Gasteiger partial charge in [-0.3, -0.25) is 15.1 Å². The van der Waals surface area contributed by atoms with Crippen molar-refractivity contribution in [1.29, 1.82) is 0 Å². The molecule has 0 radical (unpaired) electrons. The fourth-order valence-electron chi connectivity index (χ4n) is 1.51. The first-order valence-electron chi connectivity index (χ1n) is 5.71. The van der Waals surface area contributed by atoms with Crippen LogP contribution < -0.4 is 10.6 Å². The van der Waals surface area contributed by atoms with Gasteiger partial charge in [0.05, 0.1) is 17.0 Å². The van der Waals surface area contributed by atoms with Crippen LogP contribution in [0, 0.1) is 10.1 Å². The van der Waals surface area contributed by atoms with Crippen LogP contribution in [0.3, 0.4) is 0 Å².